The number of rotatable bonds is 3. The van der Waals surface area contributed by atoms with Crippen LogP contribution in [0.25, 0.3) is 0 Å². The van der Waals surface area contributed by atoms with Crippen molar-refractivity contribution in [3.8, 4) is 5.75 Å². The minimum absolute atomic E-state index is 0.309. The minimum Gasteiger partial charge on any atom is -0.490 e. The van der Waals surface area contributed by atoms with Gasteiger partial charge in [0, 0.05) is 10.0 Å². The molecular formula is C13H16Cl2O2. The summed E-state index contributed by atoms with van der Waals surface area (Å²) < 4.78 is 5.59. The molecule has 1 saturated carbocycles. The van der Waals surface area contributed by atoms with Crippen molar-refractivity contribution in [3.63, 3.8) is 0 Å². The lowest BCUT2D eigenvalue weighted by molar-refractivity contribution is -0.0339. The van der Waals surface area contributed by atoms with Gasteiger partial charge in [0.05, 0.1) is 5.60 Å². The minimum atomic E-state index is -0.687. The Bertz CT molecular complexity index is 367. The Morgan fingerprint density at radius 2 is 1.65 bits per heavy atom. The summed E-state index contributed by atoms with van der Waals surface area (Å²) in [5.41, 5.74) is -0.687. The van der Waals surface area contributed by atoms with E-state index in [4.69, 9.17) is 27.9 Å². The molecule has 0 amide bonds. The van der Waals surface area contributed by atoms with E-state index in [2.05, 4.69) is 0 Å². The summed E-state index contributed by atoms with van der Waals surface area (Å²) in [5.74, 6) is 0.612. The predicted molar refractivity (Wildman–Crippen MR) is 70.0 cm³/mol. The molecule has 0 heterocycles. The maximum absolute atomic E-state index is 10.3. The number of halogens is 2. The van der Waals surface area contributed by atoms with E-state index in [0.717, 1.165) is 25.7 Å². The molecule has 0 bridgehead atoms. The first-order chi connectivity index (χ1) is 8.07. The molecule has 1 aromatic carbocycles. The molecule has 1 fully saturated rings. The smallest absolute Gasteiger partial charge is 0.122 e. The molecule has 0 saturated heterocycles. The van der Waals surface area contributed by atoms with Gasteiger partial charge < -0.3 is 9.84 Å². The number of ether oxygens (including phenoxy) is 1. The van der Waals surface area contributed by atoms with E-state index in [-0.39, 0.29) is 0 Å². The average molecular weight is 275 g/mol. The lowest BCUT2D eigenvalue weighted by atomic mass is 9.85. The van der Waals surface area contributed by atoms with Crippen molar-refractivity contribution in [3.05, 3.63) is 28.2 Å². The molecule has 0 unspecified atom stereocenters. The Labute approximate surface area is 111 Å². The normalized spacial score (nSPS) is 19.0. The molecule has 1 N–H and O–H groups in total. The Morgan fingerprint density at radius 3 is 2.24 bits per heavy atom. The average Bonchev–Trinajstić information content (AvgIpc) is 2.26. The van der Waals surface area contributed by atoms with Crippen LogP contribution >= 0.6 is 23.2 Å². The fraction of sp³-hybridized carbons (Fsp3) is 0.538. The Kier molecular flexibility index (Phi) is 4.18. The molecule has 1 aliphatic rings. The van der Waals surface area contributed by atoms with Crippen LogP contribution in [0.3, 0.4) is 0 Å². The van der Waals surface area contributed by atoms with Crippen LogP contribution in [0.4, 0.5) is 0 Å². The molecule has 2 nitrogen and oxygen atoms in total. The van der Waals surface area contributed by atoms with Crippen LogP contribution in [-0.4, -0.2) is 17.3 Å². The SMILES string of the molecule is OC1(COc2cc(Cl)cc(Cl)c2)CCCCC1. The molecule has 4 heteroatoms. The van der Waals surface area contributed by atoms with Gasteiger partial charge in [-0.2, -0.15) is 0 Å². The first-order valence-electron chi connectivity index (χ1n) is 5.89. The van der Waals surface area contributed by atoms with E-state index in [0.29, 0.717) is 22.4 Å². The van der Waals surface area contributed by atoms with Crippen molar-refractivity contribution >= 4 is 23.2 Å². The second kappa shape index (κ2) is 5.47. The van der Waals surface area contributed by atoms with Gasteiger partial charge in [0.1, 0.15) is 12.4 Å². The summed E-state index contributed by atoms with van der Waals surface area (Å²) in [6.07, 6.45) is 4.94. The van der Waals surface area contributed by atoms with Gasteiger partial charge in [-0.3, -0.25) is 0 Å². The van der Waals surface area contributed by atoms with E-state index >= 15 is 0 Å². The van der Waals surface area contributed by atoms with Crippen LogP contribution in [0, 0.1) is 0 Å². The molecule has 1 aromatic rings. The molecule has 2 rings (SSSR count). The maximum atomic E-state index is 10.3. The molecule has 0 aliphatic heterocycles. The maximum Gasteiger partial charge on any atom is 0.122 e. The molecule has 0 aromatic heterocycles. The lowest BCUT2D eigenvalue weighted by Gasteiger charge is -2.31. The topological polar surface area (TPSA) is 29.5 Å². The summed E-state index contributed by atoms with van der Waals surface area (Å²) in [6.45, 7) is 0.309. The van der Waals surface area contributed by atoms with Gasteiger partial charge in [0.2, 0.25) is 0 Å². The highest BCUT2D eigenvalue weighted by atomic mass is 35.5. The fourth-order valence-electron chi connectivity index (χ4n) is 2.18. The van der Waals surface area contributed by atoms with Gasteiger partial charge in [0.25, 0.3) is 0 Å². The van der Waals surface area contributed by atoms with Crippen molar-refractivity contribution in [1.29, 1.82) is 0 Å². The number of benzene rings is 1. The van der Waals surface area contributed by atoms with Crippen molar-refractivity contribution in [1.82, 2.24) is 0 Å². The summed E-state index contributed by atoms with van der Waals surface area (Å²) in [6, 6.07) is 5.07. The van der Waals surface area contributed by atoms with E-state index in [1.807, 2.05) is 0 Å². The highest BCUT2D eigenvalue weighted by Gasteiger charge is 2.29. The molecule has 1 aliphatic carbocycles. The monoisotopic (exact) mass is 274 g/mol. The van der Waals surface area contributed by atoms with Crippen LogP contribution in [-0.2, 0) is 0 Å². The second-order valence-corrected chi connectivity index (χ2v) is 5.55. The van der Waals surface area contributed by atoms with E-state index in [1.165, 1.54) is 6.42 Å². The standard InChI is InChI=1S/C13H16Cl2O2/c14-10-6-11(15)8-12(7-10)17-9-13(16)4-2-1-3-5-13/h6-8,16H,1-5,9H2. The van der Waals surface area contributed by atoms with Crippen molar-refractivity contribution in [2.45, 2.75) is 37.7 Å². The van der Waals surface area contributed by atoms with Crippen LogP contribution in [0.1, 0.15) is 32.1 Å². The Hall–Kier alpha value is -0.440. The summed E-state index contributed by atoms with van der Waals surface area (Å²) in [5, 5.41) is 11.4. The summed E-state index contributed by atoms with van der Waals surface area (Å²) >= 11 is 11.8. The zero-order chi connectivity index (χ0) is 12.3. The number of hydrogen-bond acceptors (Lipinski definition) is 2. The third-order valence-electron chi connectivity index (χ3n) is 3.13. The third kappa shape index (κ3) is 3.77. The predicted octanol–water partition coefficient (Wildman–Crippen LogP) is 4.07. The first-order valence-corrected chi connectivity index (χ1v) is 6.64. The highest BCUT2D eigenvalue weighted by molar-refractivity contribution is 6.34. The van der Waals surface area contributed by atoms with Crippen LogP contribution in [0.2, 0.25) is 10.0 Å². The zero-order valence-electron chi connectivity index (χ0n) is 9.59. The quantitative estimate of drug-likeness (QED) is 0.901. The molecular weight excluding hydrogens is 259 g/mol. The number of hydrogen-bond donors (Lipinski definition) is 1. The van der Waals surface area contributed by atoms with E-state index in [1.54, 1.807) is 18.2 Å². The summed E-state index contributed by atoms with van der Waals surface area (Å²) in [4.78, 5) is 0. The van der Waals surface area contributed by atoms with Crippen LogP contribution in [0.5, 0.6) is 5.75 Å². The van der Waals surface area contributed by atoms with Crippen LogP contribution < -0.4 is 4.74 Å². The largest absolute Gasteiger partial charge is 0.490 e. The van der Waals surface area contributed by atoms with Gasteiger partial charge in [0.15, 0.2) is 0 Å². The van der Waals surface area contributed by atoms with Gasteiger partial charge in [-0.15, -0.1) is 0 Å². The third-order valence-corrected chi connectivity index (χ3v) is 3.56. The highest BCUT2D eigenvalue weighted by Crippen LogP contribution is 2.30. The Morgan fingerprint density at radius 1 is 1.06 bits per heavy atom. The van der Waals surface area contributed by atoms with Crippen molar-refractivity contribution in [2.24, 2.45) is 0 Å². The molecule has 94 valence electrons. The van der Waals surface area contributed by atoms with Crippen molar-refractivity contribution in [2.75, 3.05) is 6.61 Å². The molecule has 0 atom stereocenters. The van der Waals surface area contributed by atoms with Gasteiger partial charge in [-0.1, -0.05) is 42.5 Å². The Balaban J connectivity index is 1.96. The van der Waals surface area contributed by atoms with Crippen LogP contribution in [0.15, 0.2) is 18.2 Å². The van der Waals surface area contributed by atoms with Gasteiger partial charge in [-0.25, -0.2) is 0 Å². The summed E-state index contributed by atoms with van der Waals surface area (Å²) in [7, 11) is 0. The van der Waals surface area contributed by atoms with Gasteiger partial charge in [-0.05, 0) is 31.0 Å². The van der Waals surface area contributed by atoms with E-state index in [9.17, 15) is 5.11 Å². The second-order valence-electron chi connectivity index (χ2n) is 4.68. The number of aliphatic hydroxyl groups is 1. The van der Waals surface area contributed by atoms with Gasteiger partial charge >= 0.3 is 0 Å². The zero-order valence-corrected chi connectivity index (χ0v) is 11.1. The fourth-order valence-corrected chi connectivity index (χ4v) is 2.69. The van der Waals surface area contributed by atoms with E-state index < -0.39 is 5.60 Å². The first kappa shape index (κ1) is 13.0. The van der Waals surface area contributed by atoms with Crippen molar-refractivity contribution < 1.29 is 9.84 Å². The molecule has 0 radical (unpaired) electrons. The molecule has 0 spiro atoms. The lowest BCUT2D eigenvalue weighted by Crippen LogP contribution is -2.37. The molecule has 17 heavy (non-hydrogen) atoms.